The minimum absolute atomic E-state index is 0. The molecule has 0 fully saturated rings. The molecule has 0 atom stereocenters. The van der Waals surface area contributed by atoms with Crippen molar-refractivity contribution in [3.63, 3.8) is 0 Å². The highest BCUT2D eigenvalue weighted by molar-refractivity contribution is 7.75. The van der Waals surface area contributed by atoms with Gasteiger partial charge in [0, 0.05) is 7.26 Å². The van der Waals surface area contributed by atoms with Crippen molar-refractivity contribution < 1.29 is 12.4 Å². The third-order valence-electron chi connectivity index (χ3n) is 6.63. The molecule has 0 amide bonds. The van der Waals surface area contributed by atoms with E-state index in [0.717, 1.165) is 0 Å². The molecule has 0 radical (unpaired) electrons. The lowest BCUT2D eigenvalue weighted by Crippen LogP contribution is -3.00. The molecule has 0 spiro atoms. The third-order valence-corrected chi connectivity index (χ3v) is 11.8. The minimum Gasteiger partial charge on any atom is -1.00 e. The van der Waals surface area contributed by atoms with E-state index in [-0.39, 0.29) is 12.4 Å². The molecule has 0 bridgehead atoms. The van der Waals surface area contributed by atoms with Gasteiger partial charge in [-0.3, -0.25) is 0 Å². The quantitative estimate of drug-likeness (QED) is 0.126. The summed E-state index contributed by atoms with van der Waals surface area (Å²) >= 11 is 0. The van der Waals surface area contributed by atoms with Gasteiger partial charge in [0.2, 0.25) is 0 Å². The third kappa shape index (κ3) is 18.7. The maximum absolute atomic E-state index is 2.54. The fourth-order valence-electron chi connectivity index (χ4n) is 4.49. The van der Waals surface area contributed by atoms with Crippen LogP contribution in [0.3, 0.4) is 0 Å². The van der Waals surface area contributed by atoms with E-state index in [1.54, 1.807) is 18.5 Å². The molecule has 0 rings (SSSR count). The SMILES string of the molecule is CCCCCCCC[P+](CC)(CCCCCCCC)CCCCCCCC.[Cl-]. The van der Waals surface area contributed by atoms with Crippen LogP contribution in [0, 0.1) is 0 Å². The van der Waals surface area contributed by atoms with Crippen LogP contribution in [0.5, 0.6) is 0 Å². The summed E-state index contributed by atoms with van der Waals surface area (Å²) < 4.78 is 0. The second-order valence-corrected chi connectivity index (χ2v) is 13.8. The van der Waals surface area contributed by atoms with Crippen molar-refractivity contribution in [2.75, 3.05) is 24.6 Å². The van der Waals surface area contributed by atoms with Crippen molar-refractivity contribution >= 4 is 7.26 Å². The molecule has 0 N–H and O–H groups in total. The lowest BCUT2D eigenvalue weighted by atomic mass is 10.1. The Bertz CT molecular complexity index is 239. The van der Waals surface area contributed by atoms with Crippen LogP contribution in [0.2, 0.25) is 0 Å². The summed E-state index contributed by atoms with van der Waals surface area (Å²) in [6.45, 7) is 9.52. The summed E-state index contributed by atoms with van der Waals surface area (Å²) in [5.41, 5.74) is 0. The zero-order valence-corrected chi connectivity index (χ0v) is 22.0. The predicted octanol–water partition coefficient (Wildman–Crippen LogP) is 7.11. The Labute approximate surface area is 187 Å². The highest BCUT2D eigenvalue weighted by Crippen LogP contribution is 2.60. The van der Waals surface area contributed by atoms with E-state index in [0.29, 0.717) is 0 Å². The zero-order chi connectivity index (χ0) is 20.1. The molecule has 28 heavy (non-hydrogen) atoms. The van der Waals surface area contributed by atoms with Gasteiger partial charge in [0.25, 0.3) is 0 Å². The van der Waals surface area contributed by atoms with Gasteiger partial charge in [-0.05, 0) is 45.4 Å². The molecule has 0 saturated heterocycles. The van der Waals surface area contributed by atoms with Crippen LogP contribution < -0.4 is 12.4 Å². The van der Waals surface area contributed by atoms with E-state index >= 15 is 0 Å². The highest BCUT2D eigenvalue weighted by Gasteiger charge is 2.33. The van der Waals surface area contributed by atoms with Crippen LogP contribution in [0.1, 0.15) is 143 Å². The number of hydrogen-bond donors (Lipinski definition) is 0. The predicted molar refractivity (Wildman–Crippen MR) is 132 cm³/mol. The molecule has 0 aliphatic carbocycles. The van der Waals surface area contributed by atoms with Crippen LogP contribution in [0.4, 0.5) is 0 Å². The van der Waals surface area contributed by atoms with Gasteiger partial charge in [-0.2, -0.15) is 0 Å². The van der Waals surface area contributed by atoms with Gasteiger partial charge in [0.15, 0.2) is 0 Å². The van der Waals surface area contributed by atoms with Crippen molar-refractivity contribution in [2.45, 2.75) is 143 Å². The van der Waals surface area contributed by atoms with E-state index in [4.69, 9.17) is 0 Å². The standard InChI is InChI=1S/C26H56P.ClH/c1-5-9-12-15-18-21-24-27(8-4,25-22-19-16-13-10-6-2)26-23-20-17-14-11-7-3;/h5-26H2,1-4H3;1H/q+1;/p-1. The van der Waals surface area contributed by atoms with Crippen LogP contribution in [0.25, 0.3) is 0 Å². The molecular weight excluding hydrogens is 379 g/mol. The van der Waals surface area contributed by atoms with E-state index in [1.807, 2.05) is 0 Å². The first-order chi connectivity index (χ1) is 13.2. The van der Waals surface area contributed by atoms with Gasteiger partial charge in [0.1, 0.15) is 0 Å². The molecule has 0 nitrogen and oxygen atoms in total. The van der Waals surface area contributed by atoms with Crippen molar-refractivity contribution in [3.8, 4) is 0 Å². The maximum Gasteiger partial charge on any atom is 0.0594 e. The van der Waals surface area contributed by atoms with Crippen LogP contribution in [-0.2, 0) is 0 Å². The molecule has 0 saturated carbocycles. The fraction of sp³-hybridized carbons (Fsp3) is 1.00. The number of unbranched alkanes of at least 4 members (excludes halogenated alkanes) is 15. The van der Waals surface area contributed by atoms with Crippen molar-refractivity contribution in [1.29, 1.82) is 0 Å². The first kappa shape index (κ1) is 30.9. The molecule has 172 valence electrons. The fourth-order valence-corrected chi connectivity index (χ4v) is 8.80. The molecule has 0 aliphatic heterocycles. The average Bonchev–Trinajstić information content (AvgIpc) is 2.69. The van der Waals surface area contributed by atoms with Crippen LogP contribution in [0.15, 0.2) is 0 Å². The van der Waals surface area contributed by atoms with Gasteiger partial charge in [-0.25, -0.2) is 0 Å². The van der Waals surface area contributed by atoms with Gasteiger partial charge >= 0.3 is 0 Å². The van der Waals surface area contributed by atoms with E-state index in [9.17, 15) is 0 Å². The molecule has 0 aromatic carbocycles. The Kier molecular flexibility index (Phi) is 26.5. The largest absolute Gasteiger partial charge is 1.00 e. The average molecular weight is 435 g/mol. The van der Waals surface area contributed by atoms with Gasteiger partial charge in [0.05, 0.1) is 24.6 Å². The summed E-state index contributed by atoms with van der Waals surface area (Å²) in [6.07, 6.45) is 32.9. The van der Waals surface area contributed by atoms with Crippen molar-refractivity contribution in [3.05, 3.63) is 0 Å². The second-order valence-electron chi connectivity index (χ2n) is 9.13. The van der Waals surface area contributed by atoms with E-state index < -0.39 is 7.26 Å². The Morgan fingerprint density at radius 2 is 0.607 bits per heavy atom. The summed E-state index contributed by atoms with van der Waals surface area (Å²) in [5.74, 6) is 0. The Morgan fingerprint density at radius 3 is 0.857 bits per heavy atom. The molecule has 0 unspecified atom stereocenters. The van der Waals surface area contributed by atoms with E-state index in [1.165, 1.54) is 122 Å². The molecule has 2 heteroatoms. The number of rotatable bonds is 22. The summed E-state index contributed by atoms with van der Waals surface area (Å²) in [7, 11) is -0.644. The summed E-state index contributed by atoms with van der Waals surface area (Å²) in [4.78, 5) is 0. The van der Waals surface area contributed by atoms with Gasteiger partial charge in [-0.1, -0.05) is 97.8 Å². The topological polar surface area (TPSA) is 0 Å². The van der Waals surface area contributed by atoms with Gasteiger partial charge < -0.3 is 12.4 Å². The minimum atomic E-state index is -0.644. The molecule has 0 aromatic heterocycles. The monoisotopic (exact) mass is 434 g/mol. The lowest BCUT2D eigenvalue weighted by Gasteiger charge is -2.27. The highest BCUT2D eigenvalue weighted by atomic mass is 35.5. The number of halogens is 1. The Balaban J connectivity index is 0. The van der Waals surface area contributed by atoms with Crippen molar-refractivity contribution in [2.24, 2.45) is 0 Å². The van der Waals surface area contributed by atoms with Crippen LogP contribution >= 0.6 is 7.26 Å². The van der Waals surface area contributed by atoms with Crippen molar-refractivity contribution in [1.82, 2.24) is 0 Å². The zero-order valence-electron chi connectivity index (χ0n) is 20.4. The van der Waals surface area contributed by atoms with Gasteiger partial charge in [-0.15, -0.1) is 0 Å². The molecule has 0 aliphatic rings. The second kappa shape index (κ2) is 24.0. The summed E-state index contributed by atoms with van der Waals surface area (Å²) in [5, 5.41) is 0. The Hall–Kier alpha value is 0.720. The van der Waals surface area contributed by atoms with Crippen LogP contribution in [-0.4, -0.2) is 24.6 Å². The maximum atomic E-state index is 2.54. The van der Waals surface area contributed by atoms with E-state index in [2.05, 4.69) is 27.7 Å². The first-order valence-corrected chi connectivity index (χ1v) is 15.6. The lowest BCUT2D eigenvalue weighted by molar-refractivity contribution is -0.00000622. The number of hydrogen-bond acceptors (Lipinski definition) is 0. The molecule has 0 heterocycles. The Morgan fingerprint density at radius 1 is 0.357 bits per heavy atom. The smallest absolute Gasteiger partial charge is 0.0594 e. The molecule has 0 aromatic rings. The first-order valence-electron chi connectivity index (χ1n) is 13.1. The normalized spacial score (nSPS) is 11.6. The molecular formula is C26H56ClP. The summed E-state index contributed by atoms with van der Waals surface area (Å²) in [6, 6.07) is 0.